The van der Waals surface area contributed by atoms with E-state index in [2.05, 4.69) is 21.5 Å². The van der Waals surface area contributed by atoms with Crippen molar-refractivity contribution in [2.45, 2.75) is 0 Å². The smallest absolute Gasteiger partial charge is 0.120 e. The number of aromatic amines is 1. The fourth-order valence-electron chi connectivity index (χ4n) is 1.95. The Morgan fingerprint density at radius 3 is 2.25 bits per heavy atom. The van der Waals surface area contributed by atoms with E-state index in [1.165, 1.54) is 0 Å². The summed E-state index contributed by atoms with van der Waals surface area (Å²) in [5.74, 6) is 0. The normalized spacial score (nSPS) is 10.2. The average molecular weight is 281 g/mol. The molecule has 20 heavy (non-hydrogen) atoms. The van der Waals surface area contributed by atoms with Gasteiger partial charge >= 0.3 is 0 Å². The van der Waals surface area contributed by atoms with Crippen LogP contribution in [0.15, 0.2) is 48.5 Å². The summed E-state index contributed by atoms with van der Waals surface area (Å²) in [5, 5.41) is 20.4. The first-order chi connectivity index (χ1) is 9.78. The molecule has 5 heteroatoms. The lowest BCUT2D eigenvalue weighted by Gasteiger charge is -2.02. The molecule has 2 aromatic carbocycles. The van der Waals surface area contributed by atoms with Gasteiger partial charge in [-0.05, 0) is 24.3 Å². The van der Waals surface area contributed by atoms with E-state index in [1.54, 1.807) is 12.1 Å². The van der Waals surface area contributed by atoms with Gasteiger partial charge in [0.25, 0.3) is 0 Å². The van der Waals surface area contributed by atoms with Gasteiger partial charge in [0.15, 0.2) is 0 Å². The number of H-pyrrole nitrogens is 1. The number of halogens is 1. The van der Waals surface area contributed by atoms with E-state index < -0.39 is 0 Å². The lowest BCUT2D eigenvalue weighted by molar-refractivity contribution is 0.944. The molecule has 0 saturated heterocycles. The van der Waals surface area contributed by atoms with Gasteiger partial charge in [0.2, 0.25) is 0 Å². The first kappa shape index (κ1) is 12.4. The minimum atomic E-state index is 0.616. The van der Waals surface area contributed by atoms with Crippen LogP contribution in [0, 0.1) is 11.3 Å². The summed E-state index contributed by atoms with van der Waals surface area (Å²) in [6.07, 6.45) is 0. The van der Waals surface area contributed by atoms with Crippen LogP contribution in [0.2, 0.25) is 5.02 Å². The van der Waals surface area contributed by atoms with E-state index in [1.807, 2.05) is 36.4 Å². The summed E-state index contributed by atoms with van der Waals surface area (Å²) >= 11 is 5.89. The molecule has 96 valence electrons. The molecule has 1 heterocycles. The van der Waals surface area contributed by atoms with Crippen LogP contribution in [0.1, 0.15) is 5.56 Å². The van der Waals surface area contributed by atoms with Crippen molar-refractivity contribution in [2.75, 3.05) is 0 Å². The van der Waals surface area contributed by atoms with E-state index in [9.17, 15) is 0 Å². The average Bonchev–Trinajstić information content (AvgIpc) is 2.97. The quantitative estimate of drug-likeness (QED) is 0.779. The standard InChI is InChI=1S/C15H9ClN4/c16-13-7-5-12(6-8-13)15-14(18-20-19-15)11-3-1-10(9-17)2-4-11/h1-8H,(H,18,19,20). The molecule has 0 aliphatic heterocycles. The van der Waals surface area contributed by atoms with Gasteiger partial charge in [-0.3, -0.25) is 5.10 Å². The number of hydrogen-bond donors (Lipinski definition) is 1. The molecule has 0 spiro atoms. The zero-order valence-corrected chi connectivity index (χ0v) is 11.1. The van der Waals surface area contributed by atoms with E-state index in [0.29, 0.717) is 10.6 Å². The third-order valence-corrected chi connectivity index (χ3v) is 3.22. The molecule has 0 amide bonds. The van der Waals surface area contributed by atoms with Gasteiger partial charge in [-0.1, -0.05) is 41.1 Å². The fourth-order valence-corrected chi connectivity index (χ4v) is 2.08. The number of nitriles is 1. The highest BCUT2D eigenvalue weighted by molar-refractivity contribution is 6.30. The Kier molecular flexibility index (Phi) is 3.20. The number of nitrogens with zero attached hydrogens (tertiary/aromatic N) is 3. The third-order valence-electron chi connectivity index (χ3n) is 2.97. The Morgan fingerprint density at radius 1 is 0.950 bits per heavy atom. The lowest BCUT2D eigenvalue weighted by atomic mass is 10.0. The Labute approximate surface area is 120 Å². The number of rotatable bonds is 2. The maximum Gasteiger partial charge on any atom is 0.120 e. The maximum atomic E-state index is 8.82. The van der Waals surface area contributed by atoms with Crippen molar-refractivity contribution in [1.29, 1.82) is 5.26 Å². The molecule has 4 nitrogen and oxygen atoms in total. The fraction of sp³-hybridized carbons (Fsp3) is 0. The Bertz CT molecular complexity index is 767. The predicted molar refractivity (Wildman–Crippen MR) is 77.0 cm³/mol. The summed E-state index contributed by atoms with van der Waals surface area (Å²) in [6, 6.07) is 16.8. The van der Waals surface area contributed by atoms with Crippen molar-refractivity contribution in [3.63, 3.8) is 0 Å². The zero-order valence-electron chi connectivity index (χ0n) is 10.3. The van der Waals surface area contributed by atoms with Crippen LogP contribution in [-0.2, 0) is 0 Å². The van der Waals surface area contributed by atoms with E-state index in [4.69, 9.17) is 16.9 Å². The third kappa shape index (κ3) is 2.27. The molecule has 3 rings (SSSR count). The second-order valence-electron chi connectivity index (χ2n) is 4.23. The summed E-state index contributed by atoms with van der Waals surface area (Å²) in [7, 11) is 0. The highest BCUT2D eigenvalue weighted by Gasteiger charge is 2.11. The minimum absolute atomic E-state index is 0.616. The van der Waals surface area contributed by atoms with E-state index >= 15 is 0 Å². The van der Waals surface area contributed by atoms with Crippen LogP contribution >= 0.6 is 11.6 Å². The number of hydrogen-bond acceptors (Lipinski definition) is 3. The maximum absolute atomic E-state index is 8.82. The van der Waals surface area contributed by atoms with Gasteiger partial charge < -0.3 is 0 Å². The topological polar surface area (TPSA) is 65.4 Å². The highest BCUT2D eigenvalue weighted by atomic mass is 35.5. The molecule has 1 aromatic heterocycles. The summed E-state index contributed by atoms with van der Waals surface area (Å²) in [4.78, 5) is 0. The van der Waals surface area contributed by atoms with Crippen molar-refractivity contribution in [1.82, 2.24) is 15.4 Å². The number of benzene rings is 2. The Morgan fingerprint density at radius 2 is 1.60 bits per heavy atom. The molecule has 3 aromatic rings. The van der Waals surface area contributed by atoms with Crippen molar-refractivity contribution < 1.29 is 0 Å². The van der Waals surface area contributed by atoms with Crippen LogP contribution < -0.4 is 0 Å². The zero-order chi connectivity index (χ0) is 13.9. The van der Waals surface area contributed by atoms with Crippen molar-refractivity contribution in [2.24, 2.45) is 0 Å². The van der Waals surface area contributed by atoms with Gasteiger partial charge in [-0.15, -0.1) is 5.10 Å². The second kappa shape index (κ2) is 5.16. The van der Waals surface area contributed by atoms with Crippen LogP contribution in [0.5, 0.6) is 0 Å². The first-order valence-corrected chi connectivity index (χ1v) is 6.33. The molecule has 0 bridgehead atoms. The van der Waals surface area contributed by atoms with Crippen LogP contribution in [-0.4, -0.2) is 15.4 Å². The molecule has 0 aliphatic rings. The van der Waals surface area contributed by atoms with Gasteiger partial charge in [0, 0.05) is 16.1 Å². The first-order valence-electron chi connectivity index (χ1n) is 5.95. The number of aromatic nitrogens is 3. The highest BCUT2D eigenvalue weighted by Crippen LogP contribution is 2.28. The summed E-state index contributed by atoms with van der Waals surface area (Å²) in [5.41, 5.74) is 4.05. The van der Waals surface area contributed by atoms with Crippen molar-refractivity contribution >= 4 is 11.6 Å². The largest absolute Gasteiger partial charge is 0.257 e. The van der Waals surface area contributed by atoms with Gasteiger partial charge in [-0.2, -0.15) is 5.26 Å². The Balaban J connectivity index is 2.05. The van der Waals surface area contributed by atoms with Crippen LogP contribution in [0.25, 0.3) is 22.5 Å². The molecule has 0 saturated carbocycles. The molecule has 0 radical (unpaired) electrons. The van der Waals surface area contributed by atoms with Gasteiger partial charge in [0.05, 0.1) is 17.3 Å². The Hall–Kier alpha value is -2.64. The molecule has 0 fully saturated rings. The SMILES string of the molecule is N#Cc1ccc(-c2nn[nH]c2-c2ccc(Cl)cc2)cc1. The second-order valence-corrected chi connectivity index (χ2v) is 4.67. The number of nitrogens with one attached hydrogen (secondary N) is 1. The monoisotopic (exact) mass is 280 g/mol. The van der Waals surface area contributed by atoms with Gasteiger partial charge in [0.1, 0.15) is 5.69 Å². The van der Waals surface area contributed by atoms with Gasteiger partial charge in [-0.25, -0.2) is 0 Å². The van der Waals surface area contributed by atoms with Crippen molar-refractivity contribution in [3.05, 3.63) is 59.1 Å². The molecule has 0 unspecified atom stereocenters. The van der Waals surface area contributed by atoms with Crippen LogP contribution in [0.4, 0.5) is 0 Å². The predicted octanol–water partition coefficient (Wildman–Crippen LogP) is 3.66. The molecule has 0 atom stereocenters. The van der Waals surface area contributed by atoms with E-state index in [-0.39, 0.29) is 0 Å². The van der Waals surface area contributed by atoms with Crippen LogP contribution in [0.3, 0.4) is 0 Å². The molecule has 1 N–H and O–H groups in total. The molecular weight excluding hydrogens is 272 g/mol. The van der Waals surface area contributed by atoms with Crippen molar-refractivity contribution in [3.8, 4) is 28.6 Å². The lowest BCUT2D eigenvalue weighted by Crippen LogP contribution is -1.84. The summed E-state index contributed by atoms with van der Waals surface area (Å²) in [6.45, 7) is 0. The summed E-state index contributed by atoms with van der Waals surface area (Å²) < 4.78 is 0. The molecular formula is C15H9ClN4. The van der Waals surface area contributed by atoms with E-state index in [0.717, 1.165) is 22.5 Å². The minimum Gasteiger partial charge on any atom is -0.257 e. The molecule has 0 aliphatic carbocycles.